The number of ether oxygens (including phenoxy) is 1. The van der Waals surface area contributed by atoms with Gasteiger partial charge in [-0.05, 0) is 25.1 Å². The normalized spacial score (nSPS) is 20.3. The Kier molecular flexibility index (Phi) is 6.67. The Morgan fingerprint density at radius 2 is 1.75 bits per heavy atom. The van der Waals surface area contributed by atoms with E-state index in [0.717, 1.165) is 5.69 Å². The smallest absolute Gasteiger partial charge is 0.295 e. The lowest BCUT2D eigenvalue weighted by Gasteiger charge is -2.31. The fourth-order valence-corrected chi connectivity index (χ4v) is 4.82. The Morgan fingerprint density at radius 3 is 2.47 bits per heavy atom. The van der Waals surface area contributed by atoms with Gasteiger partial charge in [0.05, 0.1) is 48.0 Å². The van der Waals surface area contributed by atoms with E-state index < -0.39 is 23.5 Å². The van der Waals surface area contributed by atoms with E-state index in [1.807, 2.05) is 30.3 Å². The minimum atomic E-state index is -1.05. The van der Waals surface area contributed by atoms with E-state index in [-0.39, 0.29) is 23.4 Å². The number of ketones is 1. The number of hydrogen-bond acceptors (Lipinski definition) is 6. The van der Waals surface area contributed by atoms with E-state index in [9.17, 15) is 14.7 Å². The number of benzene rings is 2. The van der Waals surface area contributed by atoms with Crippen LogP contribution >= 0.6 is 0 Å². The van der Waals surface area contributed by atoms with Gasteiger partial charge in [0.25, 0.3) is 11.7 Å². The molecule has 36 heavy (non-hydrogen) atoms. The SMILES string of the molecule is Cc1c(C(O)=C2C(=O)C(=O)N(CCN3CCOCC3)[C@@H]2c2ccccc2F)cnn1-c1ccccc1. The summed E-state index contributed by atoms with van der Waals surface area (Å²) >= 11 is 0. The number of aliphatic hydroxyl groups excluding tert-OH is 1. The number of para-hydroxylation sites is 1. The number of nitrogens with zero attached hydrogens (tertiary/aromatic N) is 4. The predicted octanol–water partition coefficient (Wildman–Crippen LogP) is 3.07. The summed E-state index contributed by atoms with van der Waals surface area (Å²) in [7, 11) is 0. The minimum absolute atomic E-state index is 0.136. The summed E-state index contributed by atoms with van der Waals surface area (Å²) in [6, 6.07) is 14.3. The molecule has 1 N–H and O–H groups in total. The number of morpholine rings is 1. The molecular formula is C27H27FN4O4. The van der Waals surface area contributed by atoms with Gasteiger partial charge in [-0.3, -0.25) is 14.5 Å². The zero-order valence-corrected chi connectivity index (χ0v) is 19.9. The van der Waals surface area contributed by atoms with Crippen molar-refractivity contribution in [2.75, 3.05) is 39.4 Å². The Bertz CT molecular complexity index is 1310. The number of carbonyl (C=O) groups excluding carboxylic acids is 2. The summed E-state index contributed by atoms with van der Waals surface area (Å²) < 4.78 is 22.0. The molecule has 1 amide bonds. The third-order valence-corrected chi connectivity index (χ3v) is 6.77. The van der Waals surface area contributed by atoms with E-state index in [1.165, 1.54) is 17.2 Å². The molecular weight excluding hydrogens is 463 g/mol. The van der Waals surface area contributed by atoms with Crippen LogP contribution in [0.1, 0.15) is 22.9 Å². The van der Waals surface area contributed by atoms with E-state index in [1.54, 1.807) is 29.8 Å². The fourth-order valence-electron chi connectivity index (χ4n) is 4.82. The predicted molar refractivity (Wildman–Crippen MR) is 131 cm³/mol. The second-order valence-corrected chi connectivity index (χ2v) is 8.86. The van der Waals surface area contributed by atoms with Gasteiger partial charge in [0, 0.05) is 31.7 Å². The van der Waals surface area contributed by atoms with Gasteiger partial charge in [0.1, 0.15) is 11.6 Å². The van der Waals surface area contributed by atoms with Crippen molar-refractivity contribution >= 4 is 17.4 Å². The van der Waals surface area contributed by atoms with Crippen molar-refractivity contribution in [1.82, 2.24) is 19.6 Å². The topological polar surface area (TPSA) is 87.9 Å². The molecule has 2 aromatic carbocycles. The molecule has 0 aliphatic carbocycles. The average Bonchev–Trinajstić information content (AvgIpc) is 3.41. The number of hydrogen-bond donors (Lipinski definition) is 1. The lowest BCUT2D eigenvalue weighted by Crippen LogP contribution is -2.42. The Labute approximate surface area is 208 Å². The summed E-state index contributed by atoms with van der Waals surface area (Å²) in [6.45, 7) is 5.11. The monoisotopic (exact) mass is 490 g/mol. The van der Waals surface area contributed by atoms with Crippen LogP contribution in [0.2, 0.25) is 0 Å². The van der Waals surface area contributed by atoms with Gasteiger partial charge in [-0.1, -0.05) is 36.4 Å². The van der Waals surface area contributed by atoms with Crippen molar-refractivity contribution in [3.63, 3.8) is 0 Å². The highest BCUT2D eigenvalue weighted by molar-refractivity contribution is 6.46. The average molecular weight is 491 g/mol. The molecule has 3 heterocycles. The summed E-state index contributed by atoms with van der Waals surface area (Å²) in [4.78, 5) is 29.9. The molecule has 0 radical (unpaired) electrons. The number of Topliss-reactive ketones (excluding diaryl/α,β-unsaturated/α-hetero) is 1. The molecule has 5 rings (SSSR count). The van der Waals surface area contributed by atoms with Gasteiger partial charge >= 0.3 is 0 Å². The zero-order chi connectivity index (χ0) is 25.2. The number of amides is 1. The van der Waals surface area contributed by atoms with Gasteiger partial charge in [-0.15, -0.1) is 0 Å². The molecule has 0 unspecified atom stereocenters. The Hall–Kier alpha value is -3.82. The second kappa shape index (κ2) is 10.0. The molecule has 9 heteroatoms. The molecule has 2 aliphatic heterocycles. The van der Waals surface area contributed by atoms with Crippen molar-refractivity contribution in [3.8, 4) is 5.69 Å². The highest BCUT2D eigenvalue weighted by Gasteiger charge is 2.47. The van der Waals surface area contributed by atoms with Crippen molar-refractivity contribution in [2.24, 2.45) is 0 Å². The zero-order valence-electron chi connectivity index (χ0n) is 19.9. The van der Waals surface area contributed by atoms with E-state index in [0.29, 0.717) is 44.1 Å². The molecule has 0 bridgehead atoms. The number of carbonyl (C=O) groups is 2. The first-order valence-electron chi connectivity index (χ1n) is 11.9. The molecule has 0 saturated carbocycles. The van der Waals surface area contributed by atoms with Crippen molar-refractivity contribution in [3.05, 3.63) is 89.0 Å². The lowest BCUT2D eigenvalue weighted by molar-refractivity contribution is -0.140. The molecule has 8 nitrogen and oxygen atoms in total. The number of halogens is 1. The Morgan fingerprint density at radius 1 is 1.06 bits per heavy atom. The lowest BCUT2D eigenvalue weighted by atomic mass is 9.95. The minimum Gasteiger partial charge on any atom is -0.507 e. The summed E-state index contributed by atoms with van der Waals surface area (Å²) in [5.41, 5.74) is 1.71. The van der Waals surface area contributed by atoms with Gasteiger partial charge in [-0.2, -0.15) is 5.10 Å². The van der Waals surface area contributed by atoms with Crippen LogP contribution in [-0.4, -0.2) is 75.8 Å². The maximum Gasteiger partial charge on any atom is 0.295 e. The van der Waals surface area contributed by atoms with Crippen LogP contribution in [0.4, 0.5) is 4.39 Å². The second-order valence-electron chi connectivity index (χ2n) is 8.86. The maximum absolute atomic E-state index is 15.0. The van der Waals surface area contributed by atoms with Crippen LogP contribution in [-0.2, 0) is 14.3 Å². The first-order valence-corrected chi connectivity index (χ1v) is 11.9. The standard InChI is InChI=1S/C27H27FN4O4/c1-18-21(17-29-32(18)19-7-3-2-4-8-19)25(33)23-24(20-9-5-6-10-22(20)28)31(27(35)26(23)34)12-11-30-13-15-36-16-14-30/h2-10,17,24,33H,11-16H2,1H3/t24-/m1/s1. The van der Waals surface area contributed by atoms with Crippen LogP contribution in [0.3, 0.4) is 0 Å². The van der Waals surface area contributed by atoms with Crippen LogP contribution in [0.25, 0.3) is 11.4 Å². The first kappa shape index (κ1) is 23.9. The number of likely N-dealkylation sites (tertiary alicyclic amines) is 1. The summed E-state index contributed by atoms with van der Waals surface area (Å²) in [6.07, 6.45) is 1.46. The third kappa shape index (κ3) is 4.31. The van der Waals surface area contributed by atoms with Crippen LogP contribution in [0.15, 0.2) is 66.4 Å². The van der Waals surface area contributed by atoms with Gasteiger partial charge in [0.2, 0.25) is 0 Å². The molecule has 186 valence electrons. The van der Waals surface area contributed by atoms with E-state index in [2.05, 4.69) is 10.00 Å². The quantitative estimate of drug-likeness (QED) is 0.325. The first-order chi connectivity index (χ1) is 17.5. The maximum atomic E-state index is 15.0. The fraction of sp³-hybridized carbons (Fsp3) is 0.296. The molecule has 2 aliphatic rings. The number of aromatic nitrogens is 2. The van der Waals surface area contributed by atoms with Gasteiger partial charge in [0.15, 0.2) is 0 Å². The molecule has 0 spiro atoms. The van der Waals surface area contributed by atoms with Crippen LogP contribution in [0, 0.1) is 12.7 Å². The highest BCUT2D eigenvalue weighted by Crippen LogP contribution is 2.40. The molecule has 1 aromatic heterocycles. The number of rotatable bonds is 6. The third-order valence-electron chi connectivity index (χ3n) is 6.77. The van der Waals surface area contributed by atoms with Gasteiger partial charge < -0.3 is 14.7 Å². The molecule has 2 saturated heterocycles. The van der Waals surface area contributed by atoms with Crippen LogP contribution in [0.5, 0.6) is 0 Å². The van der Waals surface area contributed by atoms with Crippen LogP contribution < -0.4 is 0 Å². The van der Waals surface area contributed by atoms with Crippen molar-refractivity contribution in [2.45, 2.75) is 13.0 Å². The molecule has 3 aromatic rings. The summed E-state index contributed by atoms with van der Waals surface area (Å²) in [5.74, 6) is -2.51. The highest BCUT2D eigenvalue weighted by atomic mass is 19.1. The summed E-state index contributed by atoms with van der Waals surface area (Å²) in [5, 5.41) is 15.8. The molecule has 1 atom stereocenters. The molecule has 2 fully saturated rings. The van der Waals surface area contributed by atoms with E-state index >= 15 is 4.39 Å². The van der Waals surface area contributed by atoms with Crippen molar-refractivity contribution in [1.29, 1.82) is 0 Å². The Balaban J connectivity index is 1.57. The van der Waals surface area contributed by atoms with E-state index in [4.69, 9.17) is 4.74 Å². The van der Waals surface area contributed by atoms with Crippen molar-refractivity contribution < 1.29 is 23.8 Å². The largest absolute Gasteiger partial charge is 0.507 e. The number of aliphatic hydroxyl groups is 1. The van der Waals surface area contributed by atoms with Gasteiger partial charge in [-0.25, -0.2) is 9.07 Å².